The number of halogens is 2. The van der Waals surface area contributed by atoms with Crippen LogP contribution >= 0.6 is 17.0 Å². The predicted molar refractivity (Wildman–Crippen MR) is 79.1 cm³/mol. The Bertz CT molecular complexity index is 453. The fourth-order valence-corrected chi connectivity index (χ4v) is 10.8. The van der Waals surface area contributed by atoms with Crippen molar-refractivity contribution in [2.75, 3.05) is 0 Å². The molecule has 0 saturated carbocycles. The summed E-state index contributed by atoms with van der Waals surface area (Å²) in [5.41, 5.74) is 2.46. The quantitative estimate of drug-likeness (QED) is 0.602. The van der Waals surface area contributed by atoms with Crippen LogP contribution in [0.1, 0.15) is 11.1 Å². The maximum atomic E-state index is 6.67. The first-order chi connectivity index (χ1) is 8.00. The molecule has 0 aliphatic rings. The molecule has 2 rings (SSSR count). The Morgan fingerprint density at radius 1 is 0.647 bits per heavy atom. The summed E-state index contributed by atoms with van der Waals surface area (Å²) in [7, 11) is 13.3. The van der Waals surface area contributed by atoms with Crippen molar-refractivity contribution >= 4 is 41.4 Å². The minimum absolute atomic E-state index is 1.11. The van der Waals surface area contributed by atoms with Gasteiger partial charge in [-0.25, -0.2) is 0 Å². The van der Waals surface area contributed by atoms with Gasteiger partial charge in [0.05, 0.1) is 0 Å². The van der Waals surface area contributed by atoms with Gasteiger partial charge in [-0.05, 0) is 0 Å². The molecule has 0 heterocycles. The standard InChI is InChI=1S/2C7H7.Bi.2ClH/c2*1-7-5-3-2-4-6-7;;;/h2*3-6H,1H3;;2*1H/q;;+2;;/p-2. The molecule has 0 aliphatic carbocycles. The van der Waals surface area contributed by atoms with E-state index < -0.39 is 17.9 Å². The average Bonchev–Trinajstić information content (AvgIpc) is 2.30. The number of aryl methyl sites for hydroxylation is 2. The van der Waals surface area contributed by atoms with Gasteiger partial charge < -0.3 is 0 Å². The normalized spacial score (nSPS) is 11.5. The molecule has 3 heteroatoms. The van der Waals surface area contributed by atoms with Crippen LogP contribution < -0.4 is 6.54 Å². The molecule has 0 nitrogen and oxygen atoms in total. The van der Waals surface area contributed by atoms with Crippen LogP contribution in [-0.2, 0) is 0 Å². The SMILES string of the molecule is Cc1cc[c]([Bi]([Cl])([Cl])[c]2ccc(C)cc2)cc1. The minimum atomic E-state index is -3.42. The van der Waals surface area contributed by atoms with Crippen LogP contribution in [0.25, 0.3) is 0 Å². The summed E-state index contributed by atoms with van der Waals surface area (Å²) in [6.07, 6.45) is 0. The molecule has 0 N–H and O–H groups in total. The Morgan fingerprint density at radius 3 is 1.24 bits per heavy atom. The van der Waals surface area contributed by atoms with Gasteiger partial charge in [0.15, 0.2) is 0 Å². The van der Waals surface area contributed by atoms with Crippen molar-refractivity contribution in [2.45, 2.75) is 13.8 Å². The summed E-state index contributed by atoms with van der Waals surface area (Å²) in [6.45, 7) is 4.13. The molecule has 17 heavy (non-hydrogen) atoms. The molecule has 0 saturated heterocycles. The number of benzene rings is 2. The van der Waals surface area contributed by atoms with Gasteiger partial charge >= 0.3 is 115 Å². The Balaban J connectivity index is 2.41. The predicted octanol–water partition coefficient (Wildman–Crippen LogP) is 3.34. The average molecular weight is 462 g/mol. The molecule has 89 valence electrons. The number of rotatable bonds is 2. The molecule has 0 amide bonds. The van der Waals surface area contributed by atoms with Crippen LogP contribution in [0, 0.1) is 13.8 Å². The van der Waals surface area contributed by atoms with E-state index in [1.807, 2.05) is 0 Å². The molecule has 0 fully saturated rings. The molecule has 2 aromatic rings. The van der Waals surface area contributed by atoms with Crippen molar-refractivity contribution in [3.63, 3.8) is 0 Å². The molecule has 0 unspecified atom stereocenters. The molecule has 2 aromatic carbocycles. The van der Waals surface area contributed by atoms with Gasteiger partial charge in [-0.2, -0.15) is 0 Å². The third-order valence-electron chi connectivity index (χ3n) is 2.72. The topological polar surface area (TPSA) is 0 Å². The first-order valence-corrected chi connectivity index (χ1v) is 17.5. The van der Waals surface area contributed by atoms with Crippen LogP contribution in [-0.4, -0.2) is 17.9 Å². The zero-order valence-corrected chi connectivity index (χ0v) is 14.8. The Labute approximate surface area is 114 Å². The molecule has 0 aliphatic heterocycles. The van der Waals surface area contributed by atoms with Crippen LogP contribution in [0.15, 0.2) is 48.5 Å². The maximum absolute atomic E-state index is 6.67. The summed E-state index contributed by atoms with van der Waals surface area (Å²) in [6, 6.07) is 16.5. The van der Waals surface area contributed by atoms with E-state index in [0.717, 1.165) is 6.54 Å². The Hall–Kier alpha value is -0.0969. The van der Waals surface area contributed by atoms with Crippen LogP contribution in [0.5, 0.6) is 0 Å². The van der Waals surface area contributed by atoms with Gasteiger partial charge in [0.1, 0.15) is 0 Å². The van der Waals surface area contributed by atoms with Gasteiger partial charge in [-0.1, -0.05) is 0 Å². The van der Waals surface area contributed by atoms with Gasteiger partial charge in [0.25, 0.3) is 0 Å². The molecule has 0 spiro atoms. The van der Waals surface area contributed by atoms with E-state index in [2.05, 4.69) is 62.4 Å². The summed E-state index contributed by atoms with van der Waals surface area (Å²) < 4.78 is 2.23. The third-order valence-corrected chi connectivity index (χ3v) is 16.9. The second-order valence-electron chi connectivity index (χ2n) is 4.18. The number of hydrogen-bond acceptors (Lipinski definition) is 0. The van der Waals surface area contributed by atoms with E-state index in [1.165, 1.54) is 11.1 Å². The molecular formula is C14H14BiCl2. The van der Waals surface area contributed by atoms with Crippen LogP contribution in [0.4, 0.5) is 0 Å². The second-order valence-corrected chi connectivity index (χ2v) is 22.6. The van der Waals surface area contributed by atoms with Crippen molar-refractivity contribution in [1.29, 1.82) is 0 Å². The van der Waals surface area contributed by atoms with Crippen molar-refractivity contribution in [2.24, 2.45) is 0 Å². The van der Waals surface area contributed by atoms with E-state index in [1.54, 1.807) is 0 Å². The van der Waals surface area contributed by atoms with Gasteiger partial charge in [0, 0.05) is 0 Å². The van der Waals surface area contributed by atoms with E-state index in [0.29, 0.717) is 0 Å². The van der Waals surface area contributed by atoms with E-state index in [4.69, 9.17) is 17.0 Å². The summed E-state index contributed by atoms with van der Waals surface area (Å²) >= 11 is -3.42. The zero-order valence-electron chi connectivity index (χ0n) is 9.82. The van der Waals surface area contributed by atoms with Gasteiger partial charge in [0.2, 0.25) is 0 Å². The first kappa shape index (κ1) is 13.3. The molecule has 1 radical (unpaired) electrons. The first-order valence-electron chi connectivity index (χ1n) is 5.43. The monoisotopic (exact) mass is 461 g/mol. The summed E-state index contributed by atoms with van der Waals surface area (Å²) in [5.74, 6) is 0. The van der Waals surface area contributed by atoms with Crippen LogP contribution in [0.3, 0.4) is 0 Å². The van der Waals surface area contributed by atoms with Crippen molar-refractivity contribution in [3.05, 3.63) is 59.7 Å². The van der Waals surface area contributed by atoms with Gasteiger partial charge in [-0.3, -0.25) is 0 Å². The van der Waals surface area contributed by atoms with E-state index >= 15 is 0 Å². The van der Waals surface area contributed by atoms with E-state index in [9.17, 15) is 0 Å². The molecular weight excluding hydrogens is 448 g/mol. The molecule has 0 atom stereocenters. The summed E-state index contributed by atoms with van der Waals surface area (Å²) in [4.78, 5) is 0. The Kier molecular flexibility index (Phi) is 4.13. The second kappa shape index (κ2) is 5.26. The van der Waals surface area contributed by atoms with Crippen molar-refractivity contribution < 1.29 is 0 Å². The third kappa shape index (κ3) is 3.02. The Morgan fingerprint density at radius 2 is 0.941 bits per heavy atom. The van der Waals surface area contributed by atoms with E-state index in [-0.39, 0.29) is 0 Å². The van der Waals surface area contributed by atoms with Crippen molar-refractivity contribution in [3.8, 4) is 0 Å². The van der Waals surface area contributed by atoms with Gasteiger partial charge in [-0.15, -0.1) is 0 Å². The molecule has 0 bridgehead atoms. The summed E-state index contributed by atoms with van der Waals surface area (Å²) in [5, 5.41) is 0. The molecule has 0 aromatic heterocycles. The van der Waals surface area contributed by atoms with Crippen molar-refractivity contribution in [1.82, 2.24) is 0 Å². The number of hydrogen-bond donors (Lipinski definition) is 0. The van der Waals surface area contributed by atoms with Crippen LogP contribution in [0.2, 0.25) is 0 Å². The fraction of sp³-hybridized carbons (Fsp3) is 0.143. The fourth-order valence-electron chi connectivity index (χ4n) is 1.61. The zero-order chi connectivity index (χ0) is 12.5.